The number of carbonyl (C=O) groups excluding carboxylic acids is 2. The number of fused-ring (bicyclic) bond motifs is 1. The first kappa shape index (κ1) is 20.3. The average molecular weight is 394 g/mol. The molecule has 1 N–H and O–H groups in total. The van der Waals surface area contributed by atoms with Crippen molar-refractivity contribution >= 4 is 22.5 Å². The number of ether oxygens (including phenoxy) is 1. The highest BCUT2D eigenvalue weighted by molar-refractivity contribution is 6.01. The highest BCUT2D eigenvalue weighted by Gasteiger charge is 2.22. The fourth-order valence-corrected chi connectivity index (χ4v) is 3.22. The second-order valence-corrected chi connectivity index (χ2v) is 7.13. The first-order valence-corrected chi connectivity index (χ1v) is 9.22. The third-order valence-electron chi connectivity index (χ3n) is 4.95. The lowest BCUT2D eigenvalue weighted by molar-refractivity contribution is -0.147. The molecule has 0 bridgehead atoms. The van der Waals surface area contributed by atoms with E-state index in [0.717, 1.165) is 21.4 Å². The first-order chi connectivity index (χ1) is 13.7. The number of nitrogens with zero attached hydrogens (tertiary/aromatic N) is 1. The predicted octanol–water partition coefficient (Wildman–Crippen LogP) is 2.43. The zero-order chi connectivity index (χ0) is 21.3. The van der Waals surface area contributed by atoms with E-state index in [1.165, 1.54) is 19.1 Å². The lowest BCUT2D eigenvalue weighted by atomic mass is 9.96. The first-order valence-electron chi connectivity index (χ1n) is 9.22. The minimum Gasteiger partial charge on any atom is -0.453 e. The Balaban J connectivity index is 1.79. The summed E-state index contributed by atoms with van der Waals surface area (Å²) >= 11 is 0. The van der Waals surface area contributed by atoms with Gasteiger partial charge >= 0.3 is 5.97 Å². The summed E-state index contributed by atoms with van der Waals surface area (Å²) in [6.45, 7) is 6.68. The van der Waals surface area contributed by atoms with Crippen molar-refractivity contribution in [1.82, 2.24) is 9.78 Å². The second kappa shape index (κ2) is 7.87. The predicted molar refractivity (Wildman–Crippen MR) is 109 cm³/mol. The van der Waals surface area contributed by atoms with Crippen LogP contribution in [-0.2, 0) is 16.1 Å². The van der Waals surface area contributed by atoms with Gasteiger partial charge in [-0.15, -0.1) is 0 Å². The lowest BCUT2D eigenvalue weighted by Gasteiger charge is -2.15. The summed E-state index contributed by atoms with van der Waals surface area (Å²) in [4.78, 5) is 49.6. The minimum atomic E-state index is -1.02. The summed E-state index contributed by atoms with van der Waals surface area (Å²) in [5.41, 5.74) is 2.34. The molecule has 1 heterocycles. The van der Waals surface area contributed by atoms with Gasteiger partial charge < -0.3 is 4.74 Å². The van der Waals surface area contributed by atoms with Gasteiger partial charge in [0.1, 0.15) is 6.54 Å². The van der Waals surface area contributed by atoms with Gasteiger partial charge in [-0.05, 0) is 62.6 Å². The highest BCUT2D eigenvalue weighted by Crippen LogP contribution is 2.18. The van der Waals surface area contributed by atoms with Gasteiger partial charge in [-0.25, -0.2) is 4.68 Å². The topological polar surface area (TPSA) is 98.2 Å². The Labute approximate surface area is 166 Å². The molecule has 3 rings (SSSR count). The maximum absolute atomic E-state index is 12.7. The summed E-state index contributed by atoms with van der Waals surface area (Å²) in [5, 5.41) is 2.82. The van der Waals surface area contributed by atoms with Crippen molar-refractivity contribution in [1.29, 1.82) is 0 Å². The van der Waals surface area contributed by atoms with Gasteiger partial charge in [0, 0.05) is 5.56 Å². The standard InChI is InChI=1S/C22H22N2O5/c1-12-9-14(3)18(10-13(12)2)20(26)15(4)29-19(25)11-24-22(28)17-8-6-5-7-16(17)21(27)23-24/h5-10,15H,11H2,1-4H3,(H,23,27)/t15-/m0/s1. The molecule has 0 saturated heterocycles. The number of aryl methyl sites for hydroxylation is 3. The van der Waals surface area contributed by atoms with E-state index in [2.05, 4.69) is 5.10 Å². The van der Waals surface area contributed by atoms with E-state index in [1.807, 2.05) is 26.8 Å². The van der Waals surface area contributed by atoms with Crippen LogP contribution in [0.25, 0.3) is 10.8 Å². The van der Waals surface area contributed by atoms with E-state index in [9.17, 15) is 19.2 Å². The van der Waals surface area contributed by atoms with Crippen molar-refractivity contribution in [2.75, 3.05) is 0 Å². The number of H-pyrrole nitrogens is 1. The normalized spacial score (nSPS) is 12.0. The second-order valence-electron chi connectivity index (χ2n) is 7.13. The summed E-state index contributed by atoms with van der Waals surface area (Å²) < 4.78 is 6.13. The Kier molecular flexibility index (Phi) is 5.50. The number of carbonyl (C=O) groups is 2. The van der Waals surface area contributed by atoms with Crippen molar-refractivity contribution in [3.63, 3.8) is 0 Å². The fraction of sp³-hybridized carbons (Fsp3) is 0.273. The third-order valence-corrected chi connectivity index (χ3v) is 4.95. The molecular formula is C22H22N2O5. The molecule has 1 atom stereocenters. The monoisotopic (exact) mass is 394 g/mol. The van der Waals surface area contributed by atoms with E-state index >= 15 is 0 Å². The molecule has 0 unspecified atom stereocenters. The van der Waals surface area contributed by atoms with Crippen LogP contribution in [0, 0.1) is 20.8 Å². The molecule has 0 aliphatic carbocycles. The summed E-state index contributed by atoms with van der Waals surface area (Å²) in [7, 11) is 0. The Morgan fingerprint density at radius 2 is 1.62 bits per heavy atom. The Morgan fingerprint density at radius 1 is 1.00 bits per heavy atom. The quantitative estimate of drug-likeness (QED) is 0.529. The Hall–Kier alpha value is -3.48. The molecule has 2 aromatic carbocycles. The van der Waals surface area contributed by atoms with Crippen molar-refractivity contribution < 1.29 is 14.3 Å². The molecule has 0 fully saturated rings. The van der Waals surface area contributed by atoms with Gasteiger partial charge in [0.15, 0.2) is 6.10 Å². The van der Waals surface area contributed by atoms with Crippen LogP contribution in [0.1, 0.15) is 34.0 Å². The van der Waals surface area contributed by atoms with Crippen LogP contribution in [0.15, 0.2) is 46.0 Å². The molecule has 0 saturated carbocycles. The maximum atomic E-state index is 12.7. The summed E-state index contributed by atoms with van der Waals surface area (Å²) in [6.07, 6.45) is -1.02. The SMILES string of the molecule is Cc1cc(C)c(C(=O)[C@H](C)OC(=O)Cn2[nH]c(=O)c3ccccc3c2=O)cc1C. The molecule has 150 valence electrons. The highest BCUT2D eigenvalue weighted by atomic mass is 16.5. The van der Waals surface area contributed by atoms with E-state index in [0.29, 0.717) is 5.56 Å². The fourth-order valence-electron chi connectivity index (χ4n) is 3.22. The molecule has 7 nitrogen and oxygen atoms in total. The van der Waals surface area contributed by atoms with E-state index < -0.39 is 29.7 Å². The Morgan fingerprint density at radius 3 is 2.31 bits per heavy atom. The number of benzene rings is 2. The number of hydrogen-bond acceptors (Lipinski definition) is 5. The molecule has 1 aromatic heterocycles. The molecule has 0 spiro atoms. The zero-order valence-electron chi connectivity index (χ0n) is 16.7. The molecular weight excluding hydrogens is 372 g/mol. The van der Waals surface area contributed by atoms with Crippen molar-refractivity contribution in [3.8, 4) is 0 Å². The molecule has 7 heteroatoms. The smallest absolute Gasteiger partial charge is 0.328 e. The molecule has 3 aromatic rings. The van der Waals surface area contributed by atoms with Gasteiger partial charge in [-0.1, -0.05) is 18.2 Å². The third kappa shape index (κ3) is 4.03. The maximum Gasteiger partial charge on any atom is 0.328 e. The number of ketones is 1. The van der Waals surface area contributed by atoms with Gasteiger partial charge in [0.2, 0.25) is 5.78 Å². The number of aromatic amines is 1. The van der Waals surface area contributed by atoms with E-state index in [1.54, 1.807) is 18.2 Å². The zero-order valence-corrected chi connectivity index (χ0v) is 16.7. The number of esters is 1. The van der Waals surface area contributed by atoms with Crippen LogP contribution in [0.5, 0.6) is 0 Å². The van der Waals surface area contributed by atoms with Crippen LogP contribution in [0.4, 0.5) is 0 Å². The van der Waals surface area contributed by atoms with E-state index in [-0.39, 0.29) is 16.6 Å². The lowest BCUT2D eigenvalue weighted by Crippen LogP contribution is -2.34. The number of hydrogen-bond donors (Lipinski definition) is 1. The summed E-state index contributed by atoms with van der Waals surface area (Å²) in [6, 6.07) is 10.0. The molecule has 0 aliphatic rings. The molecule has 0 amide bonds. The number of nitrogens with one attached hydrogen (secondary N) is 1. The Bertz CT molecular complexity index is 1240. The van der Waals surface area contributed by atoms with E-state index in [4.69, 9.17) is 4.74 Å². The van der Waals surface area contributed by atoms with Crippen molar-refractivity contribution in [2.45, 2.75) is 40.3 Å². The number of rotatable bonds is 5. The van der Waals surface area contributed by atoms with Crippen LogP contribution in [-0.4, -0.2) is 27.6 Å². The van der Waals surface area contributed by atoms with Crippen molar-refractivity contribution in [3.05, 3.63) is 79.4 Å². The molecule has 0 aliphatic heterocycles. The van der Waals surface area contributed by atoms with Crippen LogP contribution < -0.4 is 11.1 Å². The van der Waals surface area contributed by atoms with Crippen molar-refractivity contribution in [2.24, 2.45) is 0 Å². The van der Waals surface area contributed by atoms with Crippen LogP contribution in [0.3, 0.4) is 0 Å². The number of aromatic nitrogens is 2. The van der Waals surface area contributed by atoms with Gasteiger partial charge in [-0.2, -0.15) is 0 Å². The minimum absolute atomic E-state index is 0.207. The largest absolute Gasteiger partial charge is 0.453 e. The average Bonchev–Trinajstić information content (AvgIpc) is 2.68. The number of Topliss-reactive ketones (excluding diaryl/α,β-unsaturated/α-hetero) is 1. The van der Waals surface area contributed by atoms with Gasteiger partial charge in [-0.3, -0.25) is 24.3 Å². The summed E-state index contributed by atoms with van der Waals surface area (Å²) in [5.74, 6) is -1.11. The molecule has 0 radical (unpaired) electrons. The molecule has 29 heavy (non-hydrogen) atoms. The van der Waals surface area contributed by atoms with Gasteiger partial charge in [0.25, 0.3) is 11.1 Å². The van der Waals surface area contributed by atoms with Crippen LogP contribution in [0.2, 0.25) is 0 Å². The van der Waals surface area contributed by atoms with Gasteiger partial charge in [0.05, 0.1) is 10.8 Å². The van der Waals surface area contributed by atoms with Crippen LogP contribution >= 0.6 is 0 Å².